The number of nitrogens with one attached hydrogen (secondary N) is 1. The van der Waals surface area contributed by atoms with Crippen molar-refractivity contribution in [2.45, 2.75) is 6.92 Å². The Morgan fingerprint density at radius 3 is 2.38 bits per heavy atom. The largest absolute Gasteiger partial charge is 0.495 e. The van der Waals surface area contributed by atoms with Gasteiger partial charge in [0.1, 0.15) is 16.5 Å². The third-order valence-corrected chi connectivity index (χ3v) is 4.11. The number of hydrogen-bond donors (Lipinski definition) is 1. The van der Waals surface area contributed by atoms with Crippen molar-refractivity contribution in [3.05, 3.63) is 64.8 Å². The minimum Gasteiger partial charge on any atom is -0.495 e. The molecule has 122 valence electrons. The van der Waals surface area contributed by atoms with E-state index >= 15 is 0 Å². The van der Waals surface area contributed by atoms with E-state index < -0.39 is 11.8 Å². The number of imide groups is 1. The second-order valence-corrected chi connectivity index (χ2v) is 5.62. The van der Waals surface area contributed by atoms with Gasteiger partial charge in [0, 0.05) is 5.69 Å². The van der Waals surface area contributed by atoms with Crippen molar-refractivity contribution in [3.63, 3.8) is 0 Å². The van der Waals surface area contributed by atoms with Gasteiger partial charge in [-0.3, -0.25) is 9.59 Å². The first-order chi connectivity index (χ1) is 11.5. The zero-order valence-corrected chi connectivity index (χ0v) is 13.9. The molecule has 2 amide bonds. The smallest absolute Gasteiger partial charge is 0.283 e. The standard InChI is InChI=1S/C18H15ClN2O3/c1-11-7-3-4-8-12(11)20-16-15(19)17(22)21(18(16)23)13-9-5-6-10-14(13)24-2/h3-10,20H,1-2H3. The Kier molecular flexibility index (Phi) is 4.27. The van der Waals surface area contributed by atoms with Gasteiger partial charge in [-0.2, -0.15) is 0 Å². The highest BCUT2D eigenvalue weighted by molar-refractivity contribution is 6.53. The zero-order chi connectivity index (χ0) is 17.3. The average molecular weight is 343 g/mol. The fraction of sp³-hybridized carbons (Fsp3) is 0.111. The monoisotopic (exact) mass is 342 g/mol. The molecule has 0 spiro atoms. The van der Waals surface area contributed by atoms with E-state index in [-0.39, 0.29) is 10.7 Å². The number of ether oxygens (including phenoxy) is 1. The molecular formula is C18H15ClN2O3. The van der Waals surface area contributed by atoms with Crippen LogP contribution in [-0.2, 0) is 9.59 Å². The maximum atomic E-state index is 12.8. The maximum Gasteiger partial charge on any atom is 0.283 e. The SMILES string of the molecule is COc1ccccc1N1C(=O)C(Cl)=C(Nc2ccccc2C)C1=O. The maximum absolute atomic E-state index is 12.8. The van der Waals surface area contributed by atoms with Crippen LogP contribution in [0, 0.1) is 6.92 Å². The van der Waals surface area contributed by atoms with E-state index in [1.165, 1.54) is 7.11 Å². The number of carbonyl (C=O) groups excluding carboxylic acids is 2. The molecule has 0 radical (unpaired) electrons. The molecule has 0 fully saturated rings. The molecule has 0 saturated carbocycles. The first-order valence-electron chi connectivity index (χ1n) is 7.29. The molecule has 0 aromatic heterocycles. The van der Waals surface area contributed by atoms with Gasteiger partial charge in [-0.25, -0.2) is 4.90 Å². The molecular weight excluding hydrogens is 328 g/mol. The van der Waals surface area contributed by atoms with E-state index in [2.05, 4.69) is 5.32 Å². The van der Waals surface area contributed by atoms with Crippen LogP contribution in [-0.4, -0.2) is 18.9 Å². The molecule has 0 aliphatic carbocycles. The van der Waals surface area contributed by atoms with Crippen LogP contribution in [0.4, 0.5) is 11.4 Å². The van der Waals surface area contributed by atoms with E-state index in [9.17, 15) is 9.59 Å². The molecule has 1 aliphatic heterocycles. The fourth-order valence-electron chi connectivity index (χ4n) is 2.49. The summed E-state index contributed by atoms with van der Waals surface area (Å²) in [6, 6.07) is 14.2. The number of nitrogens with zero attached hydrogens (tertiary/aromatic N) is 1. The van der Waals surface area contributed by atoms with E-state index in [1.807, 2.05) is 31.2 Å². The number of carbonyl (C=O) groups is 2. The van der Waals surface area contributed by atoms with Crippen LogP contribution < -0.4 is 15.0 Å². The molecule has 0 atom stereocenters. The number of anilines is 2. The van der Waals surface area contributed by atoms with Gasteiger partial charge in [0.2, 0.25) is 0 Å². The summed E-state index contributed by atoms with van der Waals surface area (Å²) in [7, 11) is 1.48. The average Bonchev–Trinajstić information content (AvgIpc) is 2.80. The van der Waals surface area contributed by atoms with Crippen LogP contribution in [0.3, 0.4) is 0 Å². The number of methoxy groups -OCH3 is 1. The van der Waals surface area contributed by atoms with Crippen LogP contribution in [0.15, 0.2) is 59.3 Å². The van der Waals surface area contributed by atoms with Crippen LogP contribution in [0.25, 0.3) is 0 Å². The summed E-state index contributed by atoms with van der Waals surface area (Å²) in [6.45, 7) is 1.90. The third-order valence-electron chi connectivity index (χ3n) is 3.76. The first-order valence-corrected chi connectivity index (χ1v) is 7.66. The van der Waals surface area contributed by atoms with Crippen LogP contribution in [0.1, 0.15) is 5.56 Å². The summed E-state index contributed by atoms with van der Waals surface area (Å²) in [4.78, 5) is 26.3. The number of aryl methyl sites for hydroxylation is 1. The van der Waals surface area contributed by atoms with E-state index in [1.54, 1.807) is 24.3 Å². The van der Waals surface area contributed by atoms with Gasteiger partial charge in [-0.05, 0) is 30.7 Å². The Hall–Kier alpha value is -2.79. The quantitative estimate of drug-likeness (QED) is 0.865. The van der Waals surface area contributed by atoms with Crippen molar-refractivity contribution in [3.8, 4) is 5.75 Å². The minimum absolute atomic E-state index is 0.0573. The highest BCUT2D eigenvalue weighted by Crippen LogP contribution is 2.35. The number of benzene rings is 2. The van der Waals surface area contributed by atoms with Gasteiger partial charge >= 0.3 is 0 Å². The topological polar surface area (TPSA) is 58.6 Å². The third kappa shape index (κ3) is 2.63. The second kappa shape index (κ2) is 6.37. The lowest BCUT2D eigenvalue weighted by Gasteiger charge is -2.18. The molecule has 2 aromatic carbocycles. The predicted octanol–water partition coefficient (Wildman–Crippen LogP) is 3.44. The molecule has 5 nitrogen and oxygen atoms in total. The summed E-state index contributed by atoms with van der Waals surface area (Å²) >= 11 is 6.13. The van der Waals surface area contributed by atoms with E-state index in [0.29, 0.717) is 17.1 Å². The van der Waals surface area contributed by atoms with Gasteiger partial charge in [0.05, 0.1) is 12.8 Å². The summed E-state index contributed by atoms with van der Waals surface area (Å²) in [5.41, 5.74) is 2.07. The Bertz CT molecular complexity index is 861. The zero-order valence-electron chi connectivity index (χ0n) is 13.2. The number of halogens is 1. The molecule has 0 bridgehead atoms. The number of rotatable bonds is 4. The Balaban J connectivity index is 1.98. The fourth-order valence-corrected chi connectivity index (χ4v) is 2.71. The number of hydrogen-bond acceptors (Lipinski definition) is 4. The Morgan fingerprint density at radius 2 is 1.67 bits per heavy atom. The van der Waals surface area contributed by atoms with Crippen molar-refractivity contribution in [2.75, 3.05) is 17.3 Å². The van der Waals surface area contributed by atoms with Gasteiger partial charge in [0.15, 0.2) is 0 Å². The Morgan fingerprint density at radius 1 is 1.00 bits per heavy atom. The molecule has 1 aliphatic rings. The van der Waals surface area contributed by atoms with Crippen LogP contribution in [0.5, 0.6) is 5.75 Å². The van der Waals surface area contributed by atoms with Gasteiger partial charge in [-0.15, -0.1) is 0 Å². The lowest BCUT2D eigenvalue weighted by atomic mass is 10.2. The van der Waals surface area contributed by atoms with Crippen LogP contribution >= 0.6 is 11.6 Å². The van der Waals surface area contributed by atoms with Crippen molar-refractivity contribution in [1.29, 1.82) is 0 Å². The lowest BCUT2D eigenvalue weighted by Crippen LogP contribution is -2.32. The molecule has 6 heteroatoms. The summed E-state index contributed by atoms with van der Waals surface area (Å²) < 4.78 is 5.23. The molecule has 24 heavy (non-hydrogen) atoms. The normalized spacial score (nSPS) is 14.4. The predicted molar refractivity (Wildman–Crippen MR) is 93.2 cm³/mol. The van der Waals surface area contributed by atoms with E-state index in [0.717, 1.165) is 10.5 Å². The van der Waals surface area contributed by atoms with Gasteiger partial charge in [0.25, 0.3) is 11.8 Å². The highest BCUT2D eigenvalue weighted by Gasteiger charge is 2.40. The van der Waals surface area contributed by atoms with Gasteiger partial charge in [-0.1, -0.05) is 41.9 Å². The molecule has 1 N–H and O–H groups in total. The Labute approximate surface area is 144 Å². The summed E-state index contributed by atoms with van der Waals surface area (Å²) in [5, 5.41) is 2.83. The van der Waals surface area contributed by atoms with Crippen molar-refractivity contribution >= 4 is 34.8 Å². The molecule has 1 heterocycles. The number of para-hydroxylation sites is 3. The number of amides is 2. The van der Waals surface area contributed by atoms with Crippen molar-refractivity contribution in [2.24, 2.45) is 0 Å². The van der Waals surface area contributed by atoms with Crippen molar-refractivity contribution < 1.29 is 14.3 Å². The summed E-state index contributed by atoms with van der Waals surface area (Å²) in [5.74, 6) is -0.680. The lowest BCUT2D eigenvalue weighted by molar-refractivity contribution is -0.120. The molecule has 0 saturated heterocycles. The van der Waals surface area contributed by atoms with Crippen molar-refractivity contribution in [1.82, 2.24) is 0 Å². The minimum atomic E-state index is -0.581. The molecule has 0 unspecified atom stereocenters. The molecule has 3 rings (SSSR count). The second-order valence-electron chi connectivity index (χ2n) is 5.25. The van der Waals surface area contributed by atoms with Crippen LogP contribution in [0.2, 0.25) is 0 Å². The van der Waals surface area contributed by atoms with Gasteiger partial charge < -0.3 is 10.1 Å². The molecule has 2 aromatic rings. The highest BCUT2D eigenvalue weighted by atomic mass is 35.5. The van der Waals surface area contributed by atoms with E-state index in [4.69, 9.17) is 16.3 Å². The first kappa shape index (κ1) is 16.1. The summed E-state index contributed by atoms with van der Waals surface area (Å²) in [6.07, 6.45) is 0.